The molecule has 1 radical (unpaired) electrons. The van der Waals surface area contributed by atoms with Crippen molar-refractivity contribution in [1.29, 1.82) is 0 Å². The molecule has 6 nitrogen and oxygen atoms in total. The van der Waals surface area contributed by atoms with Gasteiger partial charge in [0.1, 0.15) is 0 Å². The Morgan fingerprint density at radius 1 is 0.521 bits per heavy atom. The van der Waals surface area contributed by atoms with Crippen molar-refractivity contribution in [1.82, 2.24) is 9.80 Å². The molecule has 7 rings (SSSR count). The fraction of sp³-hybridized carbons (Fsp3) is 0.405. The smallest absolute Gasteiger partial charge is 0.261 e. The second-order valence-electron chi connectivity index (χ2n) is 14.2. The molecule has 0 saturated carbocycles. The van der Waals surface area contributed by atoms with Gasteiger partial charge in [0.2, 0.25) is 0 Å². The number of nitrogens with zero attached hydrogens (tertiary/aromatic N) is 2. The molecule has 5 aromatic rings. The molecule has 247 valence electrons. The van der Waals surface area contributed by atoms with Gasteiger partial charge < -0.3 is 0 Å². The molecule has 0 unspecified atom stereocenters. The van der Waals surface area contributed by atoms with Crippen LogP contribution in [0.25, 0.3) is 43.1 Å². The Balaban J connectivity index is 1.38. The van der Waals surface area contributed by atoms with E-state index in [2.05, 4.69) is 13.8 Å². The predicted molar refractivity (Wildman–Crippen MR) is 194 cm³/mol. The Kier molecular flexibility index (Phi) is 8.47. The molecule has 0 saturated heterocycles. The maximum absolute atomic E-state index is 14.4. The zero-order chi connectivity index (χ0) is 33.9. The van der Waals surface area contributed by atoms with Crippen LogP contribution in [0, 0.1) is 12.0 Å². The third-order valence-corrected chi connectivity index (χ3v) is 11.0. The highest BCUT2D eigenvalue weighted by Crippen LogP contribution is 2.47. The Labute approximate surface area is 282 Å². The summed E-state index contributed by atoms with van der Waals surface area (Å²) in [6.07, 6.45) is 10.5. The van der Waals surface area contributed by atoms with Crippen LogP contribution in [0.3, 0.4) is 0 Å². The van der Waals surface area contributed by atoms with Gasteiger partial charge in [0.25, 0.3) is 23.6 Å². The third kappa shape index (κ3) is 4.82. The lowest BCUT2D eigenvalue weighted by Crippen LogP contribution is -2.47. The third-order valence-electron chi connectivity index (χ3n) is 11.0. The zero-order valence-electron chi connectivity index (χ0n) is 28.9. The molecular formula is C42H45N2O4. The molecule has 2 aliphatic rings. The van der Waals surface area contributed by atoms with E-state index in [0.29, 0.717) is 33.0 Å². The number of hydrogen-bond donors (Lipinski definition) is 0. The second kappa shape index (κ2) is 12.6. The van der Waals surface area contributed by atoms with Crippen molar-refractivity contribution < 1.29 is 19.2 Å². The van der Waals surface area contributed by atoms with E-state index in [-0.39, 0.29) is 35.6 Å². The normalized spacial score (nSPS) is 15.0. The number of hydrogen-bond acceptors (Lipinski definition) is 4. The van der Waals surface area contributed by atoms with Gasteiger partial charge in [-0.25, -0.2) is 0 Å². The highest BCUT2D eigenvalue weighted by molar-refractivity contribution is 6.41. The van der Waals surface area contributed by atoms with Crippen LogP contribution in [0.5, 0.6) is 0 Å². The molecular weight excluding hydrogens is 596 g/mol. The summed E-state index contributed by atoms with van der Waals surface area (Å²) in [6, 6.07) is 16.0. The first-order valence-corrected chi connectivity index (χ1v) is 18.0. The maximum Gasteiger partial charge on any atom is 0.261 e. The van der Waals surface area contributed by atoms with Gasteiger partial charge in [-0.05, 0) is 82.3 Å². The maximum atomic E-state index is 14.4. The zero-order valence-corrected chi connectivity index (χ0v) is 28.9. The Hall–Kier alpha value is -4.32. The molecule has 0 spiro atoms. The fourth-order valence-electron chi connectivity index (χ4n) is 8.21. The number of amides is 4. The number of benzene rings is 5. The SMILES string of the molecule is CCCCCCC(CCCCCC)N1C(=O)c2ccc3c4ccc5c6c(ccc(c7ccc(c2c37)C1=O)c64)C(=O)N([C](C)C(C)C)C5=O. The molecule has 0 fully saturated rings. The number of fused-ring (bicyclic) bond motifs is 2. The van der Waals surface area contributed by atoms with Crippen molar-refractivity contribution in [3.05, 3.63) is 76.8 Å². The summed E-state index contributed by atoms with van der Waals surface area (Å²) in [5.41, 5.74) is 2.19. The van der Waals surface area contributed by atoms with Crippen molar-refractivity contribution in [3.8, 4) is 0 Å². The molecule has 4 amide bonds. The Morgan fingerprint density at radius 2 is 0.896 bits per heavy atom. The highest BCUT2D eigenvalue weighted by atomic mass is 16.2. The van der Waals surface area contributed by atoms with Gasteiger partial charge in [-0.2, -0.15) is 0 Å². The number of imide groups is 2. The van der Waals surface area contributed by atoms with E-state index in [0.717, 1.165) is 103 Å². The topological polar surface area (TPSA) is 74.8 Å². The molecule has 5 aromatic carbocycles. The van der Waals surface area contributed by atoms with E-state index < -0.39 is 0 Å². The van der Waals surface area contributed by atoms with Crippen LogP contribution in [0.4, 0.5) is 0 Å². The van der Waals surface area contributed by atoms with Crippen molar-refractivity contribution in [2.24, 2.45) is 5.92 Å². The van der Waals surface area contributed by atoms with Crippen molar-refractivity contribution in [3.63, 3.8) is 0 Å². The summed E-state index contributed by atoms with van der Waals surface area (Å²) in [4.78, 5) is 59.3. The van der Waals surface area contributed by atoms with Gasteiger partial charge in [-0.15, -0.1) is 0 Å². The average Bonchev–Trinajstić information content (AvgIpc) is 3.08. The van der Waals surface area contributed by atoms with Crippen LogP contribution >= 0.6 is 0 Å². The predicted octanol–water partition coefficient (Wildman–Crippen LogP) is 10.4. The highest BCUT2D eigenvalue weighted by Gasteiger charge is 2.40. The number of unbranched alkanes of at least 4 members (excludes halogenated alkanes) is 6. The van der Waals surface area contributed by atoms with E-state index in [1.54, 1.807) is 4.90 Å². The summed E-state index contributed by atoms with van der Waals surface area (Å²) in [5.74, 6) is -0.951. The lowest BCUT2D eigenvalue weighted by molar-refractivity contribution is 0.0514. The number of rotatable bonds is 13. The minimum Gasteiger partial charge on any atom is -0.271 e. The largest absolute Gasteiger partial charge is 0.271 e. The molecule has 0 aliphatic carbocycles. The monoisotopic (exact) mass is 641 g/mol. The minimum atomic E-state index is -0.298. The van der Waals surface area contributed by atoms with Gasteiger partial charge in [0, 0.05) is 39.1 Å². The number of carbonyl (C=O) groups is 4. The van der Waals surface area contributed by atoms with E-state index >= 15 is 0 Å². The van der Waals surface area contributed by atoms with Crippen LogP contribution in [0.15, 0.2) is 48.5 Å². The first-order valence-electron chi connectivity index (χ1n) is 18.0. The van der Waals surface area contributed by atoms with E-state index in [4.69, 9.17) is 0 Å². The molecule has 0 aromatic heterocycles. The standard InChI is InChI=1S/C42H45N2O4/c1-6-8-10-12-14-26(15-13-11-9-7-2)44-41(47)33-22-18-29-27-16-20-31-37-32(40(46)43(39(31)45)25(5)24(3)4)21-17-28(35(27)37)30-19-23-34(42(44)48)38(33)36(29)30/h16-24,26H,6-15H2,1-5H3. The second-order valence-corrected chi connectivity index (χ2v) is 14.2. The summed E-state index contributed by atoms with van der Waals surface area (Å²) >= 11 is 0. The number of carbonyl (C=O) groups excluding carboxylic acids is 4. The molecule has 6 heteroatoms. The fourth-order valence-corrected chi connectivity index (χ4v) is 8.21. The molecule has 0 bridgehead atoms. The van der Waals surface area contributed by atoms with Crippen molar-refractivity contribution >= 4 is 66.7 Å². The molecule has 0 atom stereocenters. The lowest BCUT2D eigenvalue weighted by atomic mass is 9.81. The van der Waals surface area contributed by atoms with Gasteiger partial charge >= 0.3 is 0 Å². The average molecular weight is 642 g/mol. The Morgan fingerprint density at radius 3 is 1.25 bits per heavy atom. The molecule has 2 heterocycles. The van der Waals surface area contributed by atoms with E-state index in [1.165, 1.54) is 4.90 Å². The Bertz CT molecular complexity index is 1980. The van der Waals surface area contributed by atoms with Crippen molar-refractivity contribution in [2.45, 2.75) is 105 Å². The van der Waals surface area contributed by atoms with E-state index in [9.17, 15) is 19.2 Å². The van der Waals surface area contributed by atoms with Gasteiger partial charge in [0.15, 0.2) is 0 Å². The molecule has 48 heavy (non-hydrogen) atoms. The summed E-state index contributed by atoms with van der Waals surface area (Å²) in [5, 5.41) is 6.81. The summed E-state index contributed by atoms with van der Waals surface area (Å²) < 4.78 is 0. The summed E-state index contributed by atoms with van der Waals surface area (Å²) in [7, 11) is 0. The quantitative estimate of drug-likeness (QED) is 0.0555. The van der Waals surface area contributed by atoms with Gasteiger partial charge in [0.05, 0.1) is 6.04 Å². The molecule has 0 N–H and O–H groups in total. The van der Waals surface area contributed by atoms with E-state index in [1.807, 2.05) is 69.3 Å². The first kappa shape index (κ1) is 32.2. The van der Waals surface area contributed by atoms with Crippen molar-refractivity contribution in [2.75, 3.05) is 0 Å². The van der Waals surface area contributed by atoms with Crippen LogP contribution in [-0.4, -0.2) is 39.5 Å². The molecule has 2 aliphatic heterocycles. The van der Waals surface area contributed by atoms with Crippen LogP contribution in [-0.2, 0) is 0 Å². The minimum absolute atomic E-state index is 0.0394. The lowest BCUT2D eigenvalue weighted by Gasteiger charge is -2.35. The van der Waals surface area contributed by atoms with Crippen LogP contribution < -0.4 is 0 Å². The van der Waals surface area contributed by atoms with Crippen LogP contribution in [0.2, 0.25) is 0 Å². The van der Waals surface area contributed by atoms with Crippen LogP contribution in [0.1, 0.15) is 140 Å². The first-order chi connectivity index (χ1) is 23.2. The summed E-state index contributed by atoms with van der Waals surface area (Å²) in [6.45, 7) is 10.2. The van der Waals surface area contributed by atoms with Gasteiger partial charge in [-0.3, -0.25) is 29.0 Å². The van der Waals surface area contributed by atoms with Gasteiger partial charge in [-0.1, -0.05) is 103 Å².